The first-order valence-corrected chi connectivity index (χ1v) is 6.68. The maximum atomic E-state index is 2.75. The molecule has 1 unspecified atom stereocenters. The van der Waals surface area contributed by atoms with E-state index in [4.69, 9.17) is 0 Å². The number of rotatable bonds is 3. The highest BCUT2D eigenvalue weighted by Crippen LogP contribution is 2.38. The molecular weight excluding hydrogens is 182 g/mol. The predicted molar refractivity (Wildman–Crippen MR) is 68.1 cm³/mol. The molecule has 15 heavy (non-hydrogen) atoms. The van der Waals surface area contributed by atoms with Gasteiger partial charge in [0.05, 0.1) is 0 Å². The summed E-state index contributed by atoms with van der Waals surface area (Å²) < 4.78 is 0. The summed E-state index contributed by atoms with van der Waals surface area (Å²) in [7, 11) is 0. The third-order valence-electron chi connectivity index (χ3n) is 4.03. The zero-order valence-corrected chi connectivity index (χ0v) is 11.5. The van der Waals surface area contributed by atoms with Crippen LogP contribution < -0.4 is 0 Å². The van der Waals surface area contributed by atoms with Gasteiger partial charge in [-0.05, 0) is 39.0 Å². The van der Waals surface area contributed by atoms with Crippen molar-refractivity contribution in [3.05, 3.63) is 0 Å². The van der Waals surface area contributed by atoms with Crippen LogP contribution in [0.25, 0.3) is 0 Å². The molecule has 0 amide bonds. The molecular formula is C14H29N. The lowest BCUT2D eigenvalue weighted by molar-refractivity contribution is 0.0999. The summed E-state index contributed by atoms with van der Waals surface area (Å²) in [5.41, 5.74) is 0.345. The van der Waals surface area contributed by atoms with Gasteiger partial charge < -0.3 is 0 Å². The minimum atomic E-state index is 0.345. The molecule has 0 saturated carbocycles. The Hall–Kier alpha value is -0.0400. The van der Waals surface area contributed by atoms with Gasteiger partial charge in [-0.15, -0.1) is 0 Å². The van der Waals surface area contributed by atoms with Crippen LogP contribution in [0.1, 0.15) is 60.8 Å². The van der Waals surface area contributed by atoms with Crippen molar-refractivity contribution in [3.63, 3.8) is 0 Å². The molecule has 0 spiro atoms. The van der Waals surface area contributed by atoms with E-state index in [1.165, 1.54) is 25.8 Å². The van der Waals surface area contributed by atoms with Crippen LogP contribution in [0.4, 0.5) is 0 Å². The molecule has 1 aliphatic rings. The molecule has 0 radical (unpaired) electrons. The van der Waals surface area contributed by atoms with Crippen LogP contribution in [-0.4, -0.2) is 23.0 Å². The lowest BCUT2D eigenvalue weighted by Gasteiger charge is -2.38. The van der Waals surface area contributed by atoms with Crippen molar-refractivity contribution in [1.82, 2.24) is 4.90 Å². The van der Waals surface area contributed by atoms with E-state index < -0.39 is 0 Å². The van der Waals surface area contributed by atoms with Gasteiger partial charge in [-0.1, -0.05) is 33.6 Å². The number of likely N-dealkylation sites (tertiary alicyclic amines) is 1. The molecule has 0 aromatic rings. The highest BCUT2D eigenvalue weighted by molar-refractivity contribution is 4.95. The molecule has 0 aromatic heterocycles. The topological polar surface area (TPSA) is 3.24 Å². The number of nitrogens with zero attached hydrogens (tertiary/aromatic N) is 1. The normalized spacial score (nSPS) is 33.6. The van der Waals surface area contributed by atoms with Gasteiger partial charge >= 0.3 is 0 Å². The van der Waals surface area contributed by atoms with Crippen LogP contribution in [0.15, 0.2) is 0 Å². The first kappa shape index (κ1) is 13.0. The predicted octanol–water partition coefficient (Wildman–Crippen LogP) is 3.93. The first-order valence-electron chi connectivity index (χ1n) is 6.68. The Labute approximate surface area is 96.2 Å². The minimum absolute atomic E-state index is 0.345. The summed E-state index contributed by atoms with van der Waals surface area (Å²) in [6.07, 6.45) is 4.04. The first-order chi connectivity index (χ1) is 6.91. The monoisotopic (exact) mass is 211 g/mol. The van der Waals surface area contributed by atoms with Crippen molar-refractivity contribution >= 4 is 0 Å². The fourth-order valence-electron chi connectivity index (χ4n) is 3.30. The zero-order valence-electron chi connectivity index (χ0n) is 11.5. The molecule has 1 heterocycles. The van der Waals surface area contributed by atoms with Crippen molar-refractivity contribution in [3.8, 4) is 0 Å². The summed E-state index contributed by atoms with van der Waals surface area (Å²) in [5.74, 6) is 1.80. The maximum Gasteiger partial charge on any atom is 0.0132 e. The SMILES string of the molecule is CCCC1[C@H](CC)[C@H](C)CN1C(C)(C)C. The largest absolute Gasteiger partial charge is 0.295 e. The van der Waals surface area contributed by atoms with E-state index >= 15 is 0 Å². The highest BCUT2D eigenvalue weighted by Gasteiger charge is 2.41. The van der Waals surface area contributed by atoms with Crippen molar-refractivity contribution in [1.29, 1.82) is 0 Å². The minimum Gasteiger partial charge on any atom is -0.295 e. The van der Waals surface area contributed by atoms with E-state index in [0.29, 0.717) is 5.54 Å². The molecule has 0 aromatic carbocycles. The standard InChI is InChI=1S/C14H29N/c1-7-9-13-12(8-2)11(3)10-15(13)14(4,5)6/h11-13H,7-10H2,1-6H3/t11-,12-,13?/m1/s1. The van der Waals surface area contributed by atoms with E-state index in [0.717, 1.165) is 17.9 Å². The van der Waals surface area contributed by atoms with Crippen molar-refractivity contribution in [2.75, 3.05) is 6.54 Å². The molecule has 1 heteroatoms. The van der Waals surface area contributed by atoms with E-state index in [2.05, 4.69) is 46.4 Å². The molecule has 0 aliphatic carbocycles. The van der Waals surface area contributed by atoms with Gasteiger partial charge in [-0.25, -0.2) is 0 Å². The Kier molecular flexibility index (Phi) is 4.22. The zero-order chi connectivity index (χ0) is 11.6. The van der Waals surface area contributed by atoms with Gasteiger partial charge in [-0.2, -0.15) is 0 Å². The maximum absolute atomic E-state index is 2.75. The lowest BCUT2D eigenvalue weighted by Crippen LogP contribution is -2.45. The summed E-state index contributed by atoms with van der Waals surface area (Å²) in [5, 5.41) is 0. The summed E-state index contributed by atoms with van der Waals surface area (Å²) in [4.78, 5) is 2.75. The summed E-state index contributed by atoms with van der Waals surface area (Å²) >= 11 is 0. The van der Waals surface area contributed by atoms with Crippen LogP contribution in [0, 0.1) is 11.8 Å². The van der Waals surface area contributed by atoms with E-state index in [9.17, 15) is 0 Å². The van der Waals surface area contributed by atoms with E-state index in [1.807, 2.05) is 0 Å². The van der Waals surface area contributed by atoms with Gasteiger partial charge in [0.2, 0.25) is 0 Å². The third kappa shape index (κ3) is 2.75. The molecule has 1 saturated heterocycles. The smallest absolute Gasteiger partial charge is 0.0132 e. The third-order valence-corrected chi connectivity index (χ3v) is 4.03. The van der Waals surface area contributed by atoms with Gasteiger partial charge in [-0.3, -0.25) is 4.90 Å². The van der Waals surface area contributed by atoms with E-state index in [-0.39, 0.29) is 0 Å². The second-order valence-electron chi connectivity index (χ2n) is 6.23. The number of hydrogen-bond acceptors (Lipinski definition) is 1. The Balaban J connectivity index is 2.80. The summed E-state index contributed by atoms with van der Waals surface area (Å²) in [6, 6.07) is 0.829. The van der Waals surface area contributed by atoms with Gasteiger partial charge in [0.1, 0.15) is 0 Å². The fraction of sp³-hybridized carbons (Fsp3) is 1.00. The van der Waals surface area contributed by atoms with Gasteiger partial charge in [0, 0.05) is 18.1 Å². The highest BCUT2D eigenvalue weighted by atomic mass is 15.2. The van der Waals surface area contributed by atoms with E-state index in [1.54, 1.807) is 0 Å². The number of hydrogen-bond donors (Lipinski definition) is 0. The molecule has 90 valence electrons. The Morgan fingerprint density at radius 3 is 2.20 bits per heavy atom. The second kappa shape index (κ2) is 4.86. The van der Waals surface area contributed by atoms with Crippen molar-refractivity contribution < 1.29 is 0 Å². The Morgan fingerprint density at radius 1 is 1.20 bits per heavy atom. The van der Waals surface area contributed by atoms with Crippen molar-refractivity contribution in [2.45, 2.75) is 72.4 Å². The molecule has 1 nitrogen and oxygen atoms in total. The molecule has 1 aliphatic heterocycles. The Bertz CT molecular complexity index is 192. The Morgan fingerprint density at radius 2 is 1.80 bits per heavy atom. The van der Waals surface area contributed by atoms with Crippen LogP contribution in [-0.2, 0) is 0 Å². The average Bonchev–Trinajstić information content (AvgIpc) is 2.42. The van der Waals surface area contributed by atoms with Gasteiger partial charge in [0.15, 0.2) is 0 Å². The van der Waals surface area contributed by atoms with Gasteiger partial charge in [0.25, 0.3) is 0 Å². The lowest BCUT2D eigenvalue weighted by atomic mass is 9.87. The fourth-order valence-corrected chi connectivity index (χ4v) is 3.30. The quantitative estimate of drug-likeness (QED) is 0.683. The van der Waals surface area contributed by atoms with Crippen molar-refractivity contribution in [2.24, 2.45) is 11.8 Å². The van der Waals surface area contributed by atoms with Crippen LogP contribution >= 0.6 is 0 Å². The summed E-state index contributed by atoms with van der Waals surface area (Å²) in [6.45, 7) is 15.5. The van der Waals surface area contributed by atoms with Crippen LogP contribution in [0.5, 0.6) is 0 Å². The molecule has 0 N–H and O–H groups in total. The van der Waals surface area contributed by atoms with Crippen LogP contribution in [0.3, 0.4) is 0 Å². The average molecular weight is 211 g/mol. The molecule has 3 atom stereocenters. The molecule has 1 rings (SSSR count). The van der Waals surface area contributed by atoms with Crippen LogP contribution in [0.2, 0.25) is 0 Å². The molecule has 1 fully saturated rings. The second-order valence-corrected chi connectivity index (χ2v) is 6.23. The molecule has 0 bridgehead atoms.